The first kappa shape index (κ1) is 29.7. The summed E-state index contributed by atoms with van der Waals surface area (Å²) in [7, 11) is 0. The monoisotopic (exact) mass is 536 g/mol. The molecule has 0 amide bonds. The fraction of sp³-hybridized carbons (Fsp3) is 0.438. The van der Waals surface area contributed by atoms with Crippen molar-refractivity contribution in [2.24, 2.45) is 0 Å². The maximum absolute atomic E-state index is 12.3. The van der Waals surface area contributed by atoms with Gasteiger partial charge < -0.3 is 25.5 Å². The summed E-state index contributed by atoms with van der Waals surface area (Å²) in [6.07, 6.45) is 8.32. The average Bonchev–Trinajstić information content (AvgIpc) is 3.37. The van der Waals surface area contributed by atoms with E-state index in [1.54, 1.807) is 0 Å². The van der Waals surface area contributed by atoms with E-state index >= 15 is 0 Å². The van der Waals surface area contributed by atoms with Crippen LogP contribution in [0.4, 0.5) is 11.4 Å². The van der Waals surface area contributed by atoms with Gasteiger partial charge in [0.2, 0.25) is 6.79 Å². The van der Waals surface area contributed by atoms with Crippen LogP contribution in [0.15, 0.2) is 54.6 Å². The van der Waals surface area contributed by atoms with Gasteiger partial charge >= 0.3 is 0 Å². The first-order chi connectivity index (χ1) is 18.3. The summed E-state index contributed by atoms with van der Waals surface area (Å²) in [6, 6.07) is 18.2. The second-order valence-corrected chi connectivity index (χ2v) is 12.2. The molecule has 0 bridgehead atoms. The number of hydrogen-bond acceptors (Lipinski definition) is 5. The number of nitrogen functional groups attached to an aromatic ring is 2. The Labute approximate surface area is 232 Å². The Bertz CT molecular complexity index is 1120. The van der Waals surface area contributed by atoms with Crippen molar-refractivity contribution in [2.75, 3.05) is 24.0 Å². The predicted molar refractivity (Wildman–Crippen MR) is 162 cm³/mol. The van der Waals surface area contributed by atoms with Crippen LogP contribution in [0.5, 0.6) is 11.5 Å². The molecule has 6 heteroatoms. The van der Waals surface area contributed by atoms with Crippen molar-refractivity contribution in [3.05, 3.63) is 71.3 Å². The highest BCUT2D eigenvalue weighted by Gasteiger charge is 2.19. The molecule has 0 spiro atoms. The zero-order chi connectivity index (χ0) is 27.5. The zero-order valence-corrected chi connectivity index (χ0v) is 24.2. The summed E-state index contributed by atoms with van der Waals surface area (Å²) >= 11 is -0.743. The molecule has 2 atom stereocenters. The van der Waals surface area contributed by atoms with E-state index in [0.29, 0.717) is 6.79 Å². The number of anilines is 2. The number of ether oxygens (including phenoxy) is 2. The van der Waals surface area contributed by atoms with Gasteiger partial charge in [0.15, 0.2) is 11.5 Å². The molecular formula is C32H44N2O3S. The second kappa shape index (κ2) is 14.9. The lowest BCUT2D eigenvalue weighted by atomic mass is 10.0. The summed E-state index contributed by atoms with van der Waals surface area (Å²) in [6.45, 7) is 8.65. The lowest BCUT2D eigenvalue weighted by Crippen LogP contribution is -2.23. The summed E-state index contributed by atoms with van der Waals surface area (Å²) in [5.74, 6) is 2.45. The zero-order valence-electron chi connectivity index (χ0n) is 23.4. The van der Waals surface area contributed by atoms with Crippen molar-refractivity contribution in [3.63, 3.8) is 0 Å². The van der Waals surface area contributed by atoms with Gasteiger partial charge in [-0.05, 0) is 97.8 Å². The average molecular weight is 537 g/mol. The molecule has 0 fully saturated rings. The Morgan fingerprint density at radius 2 is 1.37 bits per heavy atom. The maximum atomic E-state index is 12.3. The highest BCUT2D eigenvalue weighted by Crippen LogP contribution is 2.33. The van der Waals surface area contributed by atoms with Crippen molar-refractivity contribution >= 4 is 22.6 Å². The van der Waals surface area contributed by atoms with Gasteiger partial charge in [-0.3, -0.25) is 0 Å². The molecular weight excluding hydrogens is 492 g/mol. The molecule has 38 heavy (non-hydrogen) atoms. The lowest BCUT2D eigenvalue weighted by molar-refractivity contribution is 0.174. The Morgan fingerprint density at radius 1 is 0.789 bits per heavy atom. The van der Waals surface area contributed by atoms with Crippen LogP contribution in [0.1, 0.15) is 69.1 Å². The number of benzene rings is 3. The molecule has 1 aliphatic heterocycles. The van der Waals surface area contributed by atoms with E-state index < -0.39 is 11.2 Å². The van der Waals surface area contributed by atoms with Gasteiger partial charge in [-0.1, -0.05) is 62.0 Å². The molecule has 0 aromatic heterocycles. The number of nitrogens with two attached hydrogens (primary N) is 2. The first-order valence-corrected chi connectivity index (χ1v) is 15.1. The number of rotatable bonds is 11. The number of fused-ring (bicyclic) bond motifs is 1. The van der Waals surface area contributed by atoms with E-state index in [-0.39, 0.29) is 5.25 Å². The van der Waals surface area contributed by atoms with Crippen LogP contribution in [0.25, 0.3) is 11.1 Å². The number of unbranched alkanes of at least 4 members (excludes halogenated alkanes) is 5. The summed E-state index contributed by atoms with van der Waals surface area (Å²) < 4.78 is 23.0. The summed E-state index contributed by atoms with van der Waals surface area (Å²) in [4.78, 5) is 0. The molecule has 0 radical (unpaired) electrons. The Morgan fingerprint density at radius 3 is 1.97 bits per heavy atom. The van der Waals surface area contributed by atoms with Crippen molar-refractivity contribution < 1.29 is 14.0 Å². The third-order valence-corrected chi connectivity index (χ3v) is 8.74. The Kier molecular flexibility index (Phi) is 11.7. The minimum atomic E-state index is -0.743. The Hall–Kier alpha value is -2.83. The van der Waals surface area contributed by atoms with E-state index in [9.17, 15) is 4.55 Å². The molecule has 1 heterocycles. The van der Waals surface area contributed by atoms with E-state index in [4.69, 9.17) is 20.9 Å². The molecule has 3 aromatic carbocycles. The molecule has 206 valence electrons. The lowest BCUT2D eigenvalue weighted by Gasteiger charge is -2.18. The van der Waals surface area contributed by atoms with Gasteiger partial charge in [-0.25, -0.2) is 0 Å². The molecule has 5 nitrogen and oxygen atoms in total. The molecule has 0 saturated heterocycles. The maximum Gasteiger partial charge on any atom is 0.231 e. The van der Waals surface area contributed by atoms with Crippen LogP contribution in [0, 0.1) is 13.8 Å². The van der Waals surface area contributed by atoms with Crippen molar-refractivity contribution in [1.29, 1.82) is 0 Å². The minimum Gasteiger partial charge on any atom is -0.616 e. The van der Waals surface area contributed by atoms with Crippen molar-refractivity contribution in [1.82, 2.24) is 0 Å². The fourth-order valence-corrected chi connectivity index (χ4v) is 5.70. The highest BCUT2D eigenvalue weighted by molar-refractivity contribution is 7.91. The molecule has 4 N–H and O–H groups in total. The van der Waals surface area contributed by atoms with Gasteiger partial charge in [-0.2, -0.15) is 0 Å². The van der Waals surface area contributed by atoms with Crippen LogP contribution in [-0.4, -0.2) is 22.3 Å². The smallest absolute Gasteiger partial charge is 0.231 e. The van der Waals surface area contributed by atoms with Gasteiger partial charge in [0.25, 0.3) is 0 Å². The second-order valence-electron chi connectivity index (χ2n) is 10.2. The topological polar surface area (TPSA) is 93.6 Å². The van der Waals surface area contributed by atoms with Crippen LogP contribution in [0.2, 0.25) is 0 Å². The standard InChI is InChI=1S/C18H28O3S.C14H16N2/c1-3-4-5-6-7-8-11-22(19)15(2)12-16-9-10-17-18(13-16)21-14-20-17;1-9-7-11(3-5-13(9)15)12-4-6-14(16)10(2)8-12/h9-10,13,15H,3-8,11-12,14H2,1-2H3;3-8H,15-16H2,1-2H3. The normalized spacial score (nSPS) is 13.5. The van der Waals surface area contributed by atoms with Crippen LogP contribution in [-0.2, 0) is 17.6 Å². The summed E-state index contributed by atoms with van der Waals surface area (Å²) in [5.41, 5.74) is 19.0. The quantitative estimate of drug-likeness (QED) is 0.150. The van der Waals surface area contributed by atoms with Crippen molar-refractivity contribution in [3.8, 4) is 22.6 Å². The minimum absolute atomic E-state index is 0.191. The third kappa shape index (κ3) is 8.88. The van der Waals surface area contributed by atoms with E-state index in [2.05, 4.69) is 26.0 Å². The van der Waals surface area contributed by atoms with Gasteiger partial charge in [-0.15, -0.1) is 0 Å². The third-order valence-electron chi connectivity index (χ3n) is 6.98. The van der Waals surface area contributed by atoms with Crippen LogP contribution < -0.4 is 20.9 Å². The van der Waals surface area contributed by atoms with Gasteiger partial charge in [0.1, 0.15) is 11.0 Å². The van der Waals surface area contributed by atoms with Gasteiger partial charge in [0, 0.05) is 17.8 Å². The molecule has 1 aliphatic rings. The van der Waals surface area contributed by atoms with Gasteiger partial charge in [0.05, 0.1) is 0 Å². The van der Waals surface area contributed by atoms with Crippen molar-refractivity contribution in [2.45, 2.75) is 77.9 Å². The SMILES string of the molecule is CCCCCCCC[S+]([O-])C(C)Cc1ccc2c(c1)OCO2.Cc1cc(-c2ccc(N)c(C)c2)ccc1N. The molecule has 0 aliphatic carbocycles. The summed E-state index contributed by atoms with van der Waals surface area (Å²) in [5, 5.41) is 0.191. The van der Waals surface area contributed by atoms with Crippen LogP contribution in [0.3, 0.4) is 0 Å². The fourth-order valence-electron chi connectivity index (χ4n) is 4.43. The molecule has 4 rings (SSSR count). The van der Waals surface area contributed by atoms with Crippen LogP contribution >= 0.6 is 0 Å². The largest absolute Gasteiger partial charge is 0.616 e. The molecule has 0 saturated carbocycles. The Balaban J connectivity index is 0.000000221. The number of aryl methyl sites for hydroxylation is 2. The number of hydrogen-bond donors (Lipinski definition) is 2. The van der Waals surface area contributed by atoms with E-state index in [1.807, 2.05) is 56.3 Å². The first-order valence-electron chi connectivity index (χ1n) is 13.8. The highest BCUT2D eigenvalue weighted by atomic mass is 32.2. The molecule has 2 unspecified atom stereocenters. The van der Waals surface area contributed by atoms with E-state index in [1.165, 1.54) is 48.8 Å². The van der Waals surface area contributed by atoms with E-state index in [0.717, 1.165) is 52.6 Å². The molecule has 3 aromatic rings. The predicted octanol–water partition coefficient (Wildman–Crippen LogP) is 7.59.